The van der Waals surface area contributed by atoms with E-state index in [9.17, 15) is 4.79 Å². The van der Waals surface area contributed by atoms with Gasteiger partial charge in [-0.05, 0) is 46.0 Å². The largest absolute Gasteiger partial charge is 0.444 e. The van der Waals surface area contributed by atoms with E-state index < -0.39 is 5.60 Å². The number of nitrogens with zero attached hydrogens (tertiary/aromatic N) is 1. The van der Waals surface area contributed by atoms with E-state index in [0.717, 1.165) is 25.8 Å². The van der Waals surface area contributed by atoms with Gasteiger partial charge >= 0.3 is 6.09 Å². The van der Waals surface area contributed by atoms with E-state index in [0.29, 0.717) is 12.5 Å². The Morgan fingerprint density at radius 2 is 2.28 bits per heavy atom. The summed E-state index contributed by atoms with van der Waals surface area (Å²) in [6, 6.07) is 0.149. The Morgan fingerprint density at radius 3 is 2.83 bits per heavy atom. The summed E-state index contributed by atoms with van der Waals surface area (Å²) in [5.41, 5.74) is 5.70. The minimum Gasteiger partial charge on any atom is -0.444 e. The minimum absolute atomic E-state index is 0.149. The second-order valence-electron chi connectivity index (χ2n) is 6.00. The van der Waals surface area contributed by atoms with Crippen LogP contribution in [-0.4, -0.2) is 35.7 Å². The molecule has 104 valence electrons. The van der Waals surface area contributed by atoms with Crippen molar-refractivity contribution in [3.63, 3.8) is 0 Å². The summed E-state index contributed by atoms with van der Waals surface area (Å²) in [5, 5.41) is 0. The van der Waals surface area contributed by atoms with Gasteiger partial charge in [-0.1, -0.05) is 6.08 Å². The zero-order valence-electron chi connectivity index (χ0n) is 11.8. The maximum absolute atomic E-state index is 11.9. The maximum atomic E-state index is 11.9. The van der Waals surface area contributed by atoms with Gasteiger partial charge in [0.25, 0.3) is 0 Å². The molecule has 1 aliphatic heterocycles. The summed E-state index contributed by atoms with van der Waals surface area (Å²) in [6.45, 7) is 10.8. The Hall–Kier alpha value is -1.03. The van der Waals surface area contributed by atoms with E-state index in [2.05, 4.69) is 6.58 Å². The lowest BCUT2D eigenvalue weighted by molar-refractivity contribution is 0.0286. The standard InChI is InChI=1S/C14H26N2O2/c1-5-6-7-12(15)11-8-9-16(10-11)13(17)18-14(2,3)4/h5,11-12H,1,6-10,15H2,2-4H3. The molecule has 1 amide bonds. The SMILES string of the molecule is C=CCCC(N)C1CCN(C(=O)OC(C)(C)C)C1. The van der Waals surface area contributed by atoms with Crippen molar-refractivity contribution < 1.29 is 9.53 Å². The van der Waals surface area contributed by atoms with Gasteiger partial charge in [0.1, 0.15) is 5.60 Å². The molecule has 0 saturated carbocycles. The van der Waals surface area contributed by atoms with Gasteiger partial charge in [-0.2, -0.15) is 0 Å². The van der Waals surface area contributed by atoms with Crippen LogP contribution in [-0.2, 0) is 4.74 Å². The summed E-state index contributed by atoms with van der Waals surface area (Å²) in [6.07, 6.45) is 4.51. The molecule has 0 aromatic rings. The zero-order valence-corrected chi connectivity index (χ0v) is 11.8. The van der Waals surface area contributed by atoms with E-state index in [1.165, 1.54) is 0 Å². The van der Waals surface area contributed by atoms with Crippen molar-refractivity contribution >= 4 is 6.09 Å². The van der Waals surface area contributed by atoms with Crippen LogP contribution in [0.2, 0.25) is 0 Å². The monoisotopic (exact) mass is 254 g/mol. The number of rotatable bonds is 4. The Labute approximate surface area is 110 Å². The van der Waals surface area contributed by atoms with Crippen LogP contribution in [0.3, 0.4) is 0 Å². The molecule has 1 fully saturated rings. The van der Waals surface area contributed by atoms with Crippen LogP contribution in [0.15, 0.2) is 12.7 Å². The normalized spacial score (nSPS) is 21.8. The van der Waals surface area contributed by atoms with E-state index >= 15 is 0 Å². The van der Waals surface area contributed by atoms with Gasteiger partial charge in [-0.3, -0.25) is 0 Å². The molecule has 1 rings (SSSR count). The van der Waals surface area contributed by atoms with Crippen LogP contribution >= 0.6 is 0 Å². The van der Waals surface area contributed by atoms with Crippen molar-refractivity contribution in [3.05, 3.63) is 12.7 Å². The first-order valence-corrected chi connectivity index (χ1v) is 6.68. The van der Waals surface area contributed by atoms with Crippen molar-refractivity contribution in [2.75, 3.05) is 13.1 Å². The molecule has 18 heavy (non-hydrogen) atoms. The molecule has 0 aliphatic carbocycles. The lowest BCUT2D eigenvalue weighted by Gasteiger charge is -2.25. The molecule has 0 spiro atoms. The molecular weight excluding hydrogens is 228 g/mol. The zero-order chi connectivity index (χ0) is 13.8. The molecule has 0 aromatic carbocycles. The smallest absolute Gasteiger partial charge is 0.410 e. The van der Waals surface area contributed by atoms with Crippen molar-refractivity contribution in [3.8, 4) is 0 Å². The maximum Gasteiger partial charge on any atom is 0.410 e. The van der Waals surface area contributed by atoms with E-state index in [1.54, 1.807) is 4.90 Å². The number of allylic oxidation sites excluding steroid dienone is 1. The van der Waals surface area contributed by atoms with Gasteiger partial charge in [0, 0.05) is 19.1 Å². The number of amides is 1. The quantitative estimate of drug-likeness (QED) is 0.784. The van der Waals surface area contributed by atoms with Gasteiger partial charge in [0.2, 0.25) is 0 Å². The highest BCUT2D eigenvalue weighted by molar-refractivity contribution is 5.68. The third-order valence-corrected chi connectivity index (χ3v) is 3.19. The second kappa shape index (κ2) is 6.23. The van der Waals surface area contributed by atoms with E-state index in [4.69, 9.17) is 10.5 Å². The van der Waals surface area contributed by atoms with Crippen LogP contribution in [0, 0.1) is 5.92 Å². The van der Waals surface area contributed by atoms with Gasteiger partial charge < -0.3 is 15.4 Å². The highest BCUT2D eigenvalue weighted by atomic mass is 16.6. The predicted octanol–water partition coefficient (Wildman–Crippen LogP) is 2.54. The number of hydrogen-bond acceptors (Lipinski definition) is 3. The van der Waals surface area contributed by atoms with Gasteiger partial charge in [0.05, 0.1) is 0 Å². The first kappa shape index (κ1) is 15.0. The fourth-order valence-corrected chi connectivity index (χ4v) is 2.18. The molecule has 2 atom stereocenters. The fourth-order valence-electron chi connectivity index (χ4n) is 2.18. The summed E-state index contributed by atoms with van der Waals surface area (Å²) in [7, 11) is 0. The van der Waals surface area contributed by atoms with E-state index in [-0.39, 0.29) is 12.1 Å². The lowest BCUT2D eigenvalue weighted by Crippen LogP contribution is -2.37. The molecular formula is C14H26N2O2. The number of ether oxygens (including phenoxy) is 1. The first-order valence-electron chi connectivity index (χ1n) is 6.68. The summed E-state index contributed by atoms with van der Waals surface area (Å²) < 4.78 is 5.36. The topological polar surface area (TPSA) is 55.6 Å². The number of nitrogens with two attached hydrogens (primary N) is 1. The third-order valence-electron chi connectivity index (χ3n) is 3.19. The Bertz CT molecular complexity index is 297. The highest BCUT2D eigenvalue weighted by Gasteiger charge is 2.32. The molecule has 2 unspecified atom stereocenters. The summed E-state index contributed by atoms with van der Waals surface area (Å²) in [4.78, 5) is 13.7. The molecule has 0 radical (unpaired) electrons. The van der Waals surface area contributed by atoms with Crippen LogP contribution in [0.5, 0.6) is 0 Å². The molecule has 1 aliphatic rings. The number of carbonyl (C=O) groups is 1. The van der Waals surface area contributed by atoms with Gasteiger partial charge in [0.15, 0.2) is 0 Å². The molecule has 0 aromatic heterocycles. The van der Waals surface area contributed by atoms with E-state index in [1.807, 2.05) is 26.8 Å². The number of hydrogen-bond donors (Lipinski definition) is 1. The van der Waals surface area contributed by atoms with Crippen LogP contribution < -0.4 is 5.73 Å². The Balaban J connectivity index is 2.41. The van der Waals surface area contributed by atoms with Crippen molar-refractivity contribution in [1.82, 2.24) is 4.90 Å². The highest BCUT2D eigenvalue weighted by Crippen LogP contribution is 2.23. The number of likely N-dealkylation sites (tertiary alicyclic amines) is 1. The fraction of sp³-hybridized carbons (Fsp3) is 0.786. The average molecular weight is 254 g/mol. The minimum atomic E-state index is -0.430. The molecule has 0 bridgehead atoms. The first-order chi connectivity index (χ1) is 8.33. The Morgan fingerprint density at radius 1 is 1.61 bits per heavy atom. The van der Waals surface area contributed by atoms with Crippen molar-refractivity contribution in [2.24, 2.45) is 11.7 Å². The van der Waals surface area contributed by atoms with Gasteiger partial charge in [-0.15, -0.1) is 6.58 Å². The third kappa shape index (κ3) is 4.69. The van der Waals surface area contributed by atoms with Crippen molar-refractivity contribution in [2.45, 2.75) is 51.7 Å². The Kier molecular flexibility index (Phi) is 5.20. The lowest BCUT2D eigenvalue weighted by atomic mass is 9.96. The van der Waals surface area contributed by atoms with Crippen molar-refractivity contribution in [1.29, 1.82) is 0 Å². The molecule has 1 saturated heterocycles. The summed E-state index contributed by atoms with van der Waals surface area (Å²) >= 11 is 0. The molecule has 1 heterocycles. The van der Waals surface area contributed by atoms with Crippen LogP contribution in [0.4, 0.5) is 4.79 Å². The van der Waals surface area contributed by atoms with Gasteiger partial charge in [-0.25, -0.2) is 4.79 Å². The molecule has 4 heteroatoms. The van der Waals surface area contributed by atoms with Crippen LogP contribution in [0.1, 0.15) is 40.0 Å². The summed E-state index contributed by atoms with van der Waals surface area (Å²) in [5.74, 6) is 0.387. The van der Waals surface area contributed by atoms with Crippen LogP contribution in [0.25, 0.3) is 0 Å². The molecule has 2 N–H and O–H groups in total. The second-order valence-corrected chi connectivity index (χ2v) is 6.00. The average Bonchev–Trinajstić information content (AvgIpc) is 2.72. The predicted molar refractivity (Wildman–Crippen MR) is 73.3 cm³/mol. The number of carbonyl (C=O) groups excluding carboxylic acids is 1. The molecule has 4 nitrogen and oxygen atoms in total.